The van der Waals surface area contributed by atoms with Crippen molar-refractivity contribution in [1.29, 1.82) is 0 Å². The molecule has 0 saturated carbocycles. The van der Waals surface area contributed by atoms with Crippen LogP contribution in [0, 0.1) is 46.6 Å². The van der Waals surface area contributed by atoms with Crippen LogP contribution in [0.15, 0.2) is 146 Å². The highest BCUT2D eigenvalue weighted by molar-refractivity contribution is 6.88. The number of fused-ring (bicyclic) bond motifs is 8. The van der Waals surface area contributed by atoms with Crippen LogP contribution in [0.1, 0.15) is 218 Å². The first-order chi connectivity index (χ1) is 44.3. The molecule has 0 aliphatic carbocycles. The molecule has 0 fully saturated rings. The third-order valence-corrected chi connectivity index (χ3v) is 29.3. The van der Waals surface area contributed by atoms with Crippen molar-refractivity contribution >= 4 is 102 Å². The van der Waals surface area contributed by atoms with E-state index in [4.69, 9.17) is 0 Å². The Morgan fingerprint density at radius 3 is 0.578 bits per heavy atom. The van der Waals surface area contributed by atoms with E-state index in [0.29, 0.717) is 0 Å². The molecule has 0 N–H and O–H groups in total. The van der Waals surface area contributed by atoms with E-state index in [1.165, 1.54) is 266 Å². The normalized spacial score (nSPS) is 11.8. The van der Waals surface area contributed by atoms with E-state index < -0.39 is 16.1 Å². The maximum atomic E-state index is 4.38. The van der Waals surface area contributed by atoms with E-state index in [1.54, 1.807) is 0 Å². The van der Waals surface area contributed by atoms with Crippen molar-refractivity contribution in [1.82, 2.24) is 0 Å². The van der Waals surface area contributed by atoms with Crippen molar-refractivity contribution in [2.45, 2.75) is 232 Å². The summed E-state index contributed by atoms with van der Waals surface area (Å²) in [6.45, 7) is 14.1. The molecular weight excluding hydrogens is 1110 g/mol. The predicted octanol–water partition coefficient (Wildman–Crippen LogP) is 26.5. The minimum absolute atomic E-state index is 1.03. The number of unbranched alkanes of at least 4 members (excludes halogenated alkanes) is 18. The molecule has 10 aromatic carbocycles. The molecule has 90 heavy (non-hydrogen) atoms. The lowest BCUT2D eigenvalue weighted by Crippen LogP contribution is -2.32. The maximum absolute atomic E-state index is 4.38. The van der Waals surface area contributed by atoms with Gasteiger partial charge in [0.2, 0.25) is 0 Å². The van der Waals surface area contributed by atoms with Gasteiger partial charge in [-0.1, -0.05) is 316 Å². The molecule has 0 heterocycles. The molecule has 0 aromatic heterocycles. The molecule has 10 rings (SSSR count). The Labute approximate surface area is 545 Å². The molecule has 0 atom stereocenters. The zero-order valence-corrected chi connectivity index (χ0v) is 58.1. The van der Waals surface area contributed by atoms with Crippen LogP contribution in [0.2, 0.25) is 36.3 Å². The summed E-state index contributed by atoms with van der Waals surface area (Å²) in [5.74, 6) is 23.3. The first-order valence-electron chi connectivity index (χ1n) is 36.0. The molecule has 462 valence electrons. The van der Waals surface area contributed by atoms with Crippen molar-refractivity contribution < 1.29 is 0 Å². The summed E-state index contributed by atoms with van der Waals surface area (Å²) in [6, 6.07) is 62.8. The number of benzene rings is 10. The van der Waals surface area contributed by atoms with Crippen LogP contribution in [0.5, 0.6) is 0 Å². The number of hydrogen-bond donors (Lipinski definition) is 0. The topological polar surface area (TPSA) is 0 Å². The summed E-state index contributed by atoms with van der Waals surface area (Å²) >= 11 is 0. The zero-order valence-electron chi connectivity index (χ0n) is 56.1. The summed E-state index contributed by atoms with van der Waals surface area (Å²) in [5.41, 5.74) is 13.2. The van der Waals surface area contributed by atoms with Crippen molar-refractivity contribution in [3.63, 3.8) is 0 Å². The molecule has 0 amide bonds. The zero-order chi connectivity index (χ0) is 62.4. The molecule has 2 heteroatoms. The first kappa shape index (κ1) is 65.9. The standard InChI is InChI=1S/C88H102Si2/c1-7-13-19-35-53-89(54-36-20-14-8-2,55-37-21-15-9-3)59-51-79-85-65-73-45-29-25-41-69(73)61-81(85)77(82-62-70-42-26-30-46-74(70)66-86(79)82)49-33-34-50-78-83-63-71-43-27-31-47-75(71)67-87(83)80(88-68-76-48-32-28-44-72(76)64-84(78)88)52-60-90(56-38-22-16-10-4,57-39-23-17-11-5)58-40-24-18-12-6/h25-32,41-48,61-68H,7-24,35-40,53-58H2,1-6H3. The minimum atomic E-state index is -2.01. The second kappa shape index (κ2) is 33.3. The highest BCUT2D eigenvalue weighted by Crippen LogP contribution is 2.41. The Morgan fingerprint density at radius 2 is 0.400 bits per heavy atom. The van der Waals surface area contributed by atoms with E-state index in [-0.39, 0.29) is 0 Å². The molecule has 0 aliphatic heterocycles. The molecule has 0 bridgehead atoms. The average molecular weight is 1220 g/mol. The minimum Gasteiger partial charge on any atom is -0.126 e. The van der Waals surface area contributed by atoms with Gasteiger partial charge in [0.1, 0.15) is 16.1 Å². The van der Waals surface area contributed by atoms with Gasteiger partial charge in [-0.05, 0) is 183 Å². The number of hydrogen-bond acceptors (Lipinski definition) is 0. The lowest BCUT2D eigenvalue weighted by Gasteiger charge is -2.27. The van der Waals surface area contributed by atoms with Gasteiger partial charge in [0.25, 0.3) is 0 Å². The van der Waals surface area contributed by atoms with Crippen molar-refractivity contribution in [3.8, 4) is 46.6 Å². The van der Waals surface area contributed by atoms with Crippen molar-refractivity contribution in [2.75, 3.05) is 0 Å². The van der Waals surface area contributed by atoms with Crippen LogP contribution in [-0.4, -0.2) is 16.1 Å². The molecular formula is C88H102Si2. The smallest absolute Gasteiger partial charge is 0.126 e. The largest absolute Gasteiger partial charge is 0.138 e. The van der Waals surface area contributed by atoms with Crippen LogP contribution < -0.4 is 0 Å². The Morgan fingerprint density at radius 1 is 0.222 bits per heavy atom. The monoisotopic (exact) mass is 1210 g/mol. The Bertz CT molecular complexity index is 3800. The molecule has 0 saturated heterocycles. The third-order valence-electron chi connectivity index (χ3n) is 20.1. The number of rotatable bonds is 30. The fourth-order valence-corrected chi connectivity index (χ4v) is 23.4. The fraction of sp³-hybridized carbons (Fsp3) is 0.409. The quantitative estimate of drug-likeness (QED) is 0.0182. The summed E-state index contributed by atoms with van der Waals surface area (Å²) < 4.78 is 0. The van der Waals surface area contributed by atoms with Gasteiger partial charge in [0.15, 0.2) is 0 Å². The second-order valence-corrected chi connectivity index (χ2v) is 35.5. The molecule has 10 aromatic rings. The summed E-state index contributed by atoms with van der Waals surface area (Å²) in [4.78, 5) is 0. The highest BCUT2D eigenvalue weighted by atomic mass is 28.3. The van der Waals surface area contributed by atoms with E-state index in [1.807, 2.05) is 0 Å². The van der Waals surface area contributed by atoms with E-state index in [0.717, 1.165) is 32.7 Å². The van der Waals surface area contributed by atoms with Gasteiger partial charge in [-0.15, -0.1) is 11.1 Å². The van der Waals surface area contributed by atoms with Gasteiger partial charge in [-0.25, -0.2) is 0 Å². The van der Waals surface area contributed by atoms with Gasteiger partial charge >= 0.3 is 0 Å². The van der Waals surface area contributed by atoms with E-state index in [2.05, 4.69) is 234 Å². The van der Waals surface area contributed by atoms with E-state index in [9.17, 15) is 0 Å². The predicted molar refractivity (Wildman–Crippen MR) is 406 cm³/mol. The van der Waals surface area contributed by atoms with E-state index >= 15 is 0 Å². The van der Waals surface area contributed by atoms with Crippen LogP contribution in [-0.2, 0) is 0 Å². The Kier molecular flexibility index (Phi) is 24.4. The molecule has 0 unspecified atom stereocenters. The van der Waals surface area contributed by atoms with Gasteiger partial charge < -0.3 is 0 Å². The molecule has 0 spiro atoms. The summed E-state index contributed by atoms with van der Waals surface area (Å²) in [6.07, 6.45) is 31.2. The van der Waals surface area contributed by atoms with Crippen LogP contribution >= 0.6 is 0 Å². The maximum Gasteiger partial charge on any atom is 0.138 e. The van der Waals surface area contributed by atoms with Gasteiger partial charge in [-0.2, -0.15) is 0 Å². The van der Waals surface area contributed by atoms with Crippen molar-refractivity contribution in [3.05, 3.63) is 168 Å². The van der Waals surface area contributed by atoms with Gasteiger partial charge in [0.05, 0.1) is 0 Å². The Balaban J connectivity index is 1.20. The SMILES string of the molecule is CCCCCC[Si](C#Cc1c2cc3ccccc3cc2c(C#CC#Cc2c3cc4ccccc4cc3c(C#C[Si](CCCCCC)(CCCCCC)CCCCCC)c3cc4ccccc4cc23)c2cc3ccccc3cc12)(CCCCCC)CCCCCC. The van der Waals surface area contributed by atoms with Gasteiger partial charge in [-0.3, -0.25) is 0 Å². The lowest BCUT2D eigenvalue weighted by molar-refractivity contribution is 0.668. The van der Waals surface area contributed by atoms with Crippen LogP contribution in [0.3, 0.4) is 0 Å². The molecule has 0 radical (unpaired) electrons. The molecule has 0 aliphatic rings. The third kappa shape index (κ3) is 16.3. The van der Waals surface area contributed by atoms with Crippen LogP contribution in [0.4, 0.5) is 0 Å². The summed E-state index contributed by atoms with van der Waals surface area (Å²) in [5, 5.41) is 19.3. The summed E-state index contributed by atoms with van der Waals surface area (Å²) in [7, 11) is -4.01. The Hall–Kier alpha value is -7.05. The van der Waals surface area contributed by atoms with Crippen LogP contribution in [0.25, 0.3) is 86.2 Å². The fourth-order valence-electron chi connectivity index (χ4n) is 14.8. The van der Waals surface area contributed by atoms with Gasteiger partial charge in [0, 0.05) is 22.3 Å². The first-order valence-corrected chi connectivity index (χ1v) is 41.3. The highest BCUT2D eigenvalue weighted by Gasteiger charge is 2.32. The second-order valence-electron chi connectivity index (χ2n) is 26.9. The molecule has 0 nitrogen and oxygen atoms in total. The average Bonchev–Trinajstić information content (AvgIpc) is 0.811. The lowest BCUT2D eigenvalue weighted by atomic mass is 9.88. The van der Waals surface area contributed by atoms with Crippen molar-refractivity contribution in [2.24, 2.45) is 0 Å².